The Morgan fingerprint density at radius 2 is 1.36 bits per heavy atom. The largest absolute Gasteiger partial charge is 0.493 e. The van der Waals surface area contributed by atoms with Crippen molar-refractivity contribution < 1.29 is 28.5 Å². The lowest BCUT2D eigenvalue weighted by atomic mass is 10.1. The number of rotatable bonds is 16. The van der Waals surface area contributed by atoms with Crippen LogP contribution in [0.25, 0.3) is 11.1 Å². The van der Waals surface area contributed by atoms with Gasteiger partial charge >= 0.3 is 11.9 Å². The summed E-state index contributed by atoms with van der Waals surface area (Å²) in [4.78, 5) is 23.0. The Labute approximate surface area is 215 Å². The molecule has 0 bridgehead atoms. The van der Waals surface area contributed by atoms with Crippen molar-refractivity contribution in [2.75, 3.05) is 13.2 Å². The summed E-state index contributed by atoms with van der Waals surface area (Å²) in [5.74, 6) is 0.491. The molecule has 0 spiro atoms. The molecule has 0 N–H and O–H groups in total. The zero-order valence-electron chi connectivity index (χ0n) is 22.0. The van der Waals surface area contributed by atoms with Gasteiger partial charge in [0.25, 0.3) is 0 Å². The summed E-state index contributed by atoms with van der Waals surface area (Å²) in [6.45, 7) is 8.44. The molecule has 0 saturated carbocycles. The zero-order chi connectivity index (χ0) is 26.2. The normalized spacial score (nSPS) is 11.9. The molecule has 2 aromatic rings. The van der Waals surface area contributed by atoms with E-state index in [1.54, 1.807) is 13.8 Å². The highest BCUT2D eigenvalue weighted by Crippen LogP contribution is 2.25. The van der Waals surface area contributed by atoms with E-state index < -0.39 is 11.9 Å². The van der Waals surface area contributed by atoms with Crippen molar-refractivity contribution in [2.45, 2.75) is 78.4 Å². The molecule has 0 heterocycles. The maximum Gasteiger partial charge on any atom is 0.331 e. The lowest BCUT2D eigenvalue weighted by Gasteiger charge is -2.15. The van der Waals surface area contributed by atoms with Crippen molar-refractivity contribution in [3.8, 4) is 22.6 Å². The highest BCUT2D eigenvalue weighted by molar-refractivity contribution is 5.91. The fourth-order valence-corrected chi connectivity index (χ4v) is 3.50. The lowest BCUT2D eigenvalue weighted by Crippen LogP contribution is -2.11. The molecule has 0 amide bonds. The molecule has 0 aliphatic carbocycles. The minimum Gasteiger partial charge on any atom is -0.493 e. The first-order valence-electron chi connectivity index (χ1n) is 12.9. The molecular formula is C30H40O6. The molecule has 0 aliphatic heterocycles. The number of benzene rings is 2. The maximum absolute atomic E-state index is 11.6. The topological polar surface area (TPSA) is 71.1 Å². The van der Waals surface area contributed by atoms with Crippen LogP contribution >= 0.6 is 0 Å². The Balaban J connectivity index is 1.69. The lowest BCUT2D eigenvalue weighted by molar-refractivity contribution is -0.142. The predicted molar refractivity (Wildman–Crippen MR) is 142 cm³/mol. The number of carbonyl (C=O) groups is 2. The van der Waals surface area contributed by atoms with Crippen molar-refractivity contribution in [1.82, 2.24) is 0 Å². The van der Waals surface area contributed by atoms with E-state index in [2.05, 4.69) is 26.0 Å². The second kappa shape index (κ2) is 16.4. The van der Waals surface area contributed by atoms with Crippen LogP contribution in [0.4, 0.5) is 0 Å². The maximum atomic E-state index is 11.6. The first-order chi connectivity index (χ1) is 17.4. The minimum absolute atomic E-state index is 0.201. The van der Waals surface area contributed by atoms with Gasteiger partial charge in [0.2, 0.25) is 0 Å². The van der Waals surface area contributed by atoms with Gasteiger partial charge in [0.15, 0.2) is 0 Å². The fraction of sp³-hybridized carbons (Fsp3) is 0.467. The molecule has 0 fully saturated rings. The Morgan fingerprint density at radius 1 is 0.750 bits per heavy atom. The molecule has 0 aromatic heterocycles. The zero-order valence-corrected chi connectivity index (χ0v) is 22.0. The molecule has 6 nitrogen and oxygen atoms in total. The van der Waals surface area contributed by atoms with E-state index in [1.807, 2.05) is 36.4 Å². The van der Waals surface area contributed by atoms with Gasteiger partial charge in [-0.2, -0.15) is 0 Å². The summed E-state index contributed by atoms with van der Waals surface area (Å²) in [5.41, 5.74) is 2.21. The Bertz CT molecular complexity index is 931. The molecular weight excluding hydrogens is 456 g/mol. The molecule has 0 radical (unpaired) electrons. The Morgan fingerprint density at radius 3 is 1.97 bits per heavy atom. The molecule has 196 valence electrons. The number of carbonyl (C=O) groups excluding carboxylic acids is 2. The van der Waals surface area contributed by atoms with Crippen LogP contribution in [-0.4, -0.2) is 37.4 Å². The van der Waals surface area contributed by atoms with Crippen LogP contribution in [0, 0.1) is 0 Å². The van der Waals surface area contributed by atoms with Gasteiger partial charge in [-0.05, 0) is 69.0 Å². The summed E-state index contributed by atoms with van der Waals surface area (Å²) in [5, 5.41) is 0. The summed E-state index contributed by atoms with van der Waals surface area (Å²) in [7, 11) is 0. The molecule has 0 unspecified atom stereocenters. The van der Waals surface area contributed by atoms with Gasteiger partial charge in [0.1, 0.15) is 11.5 Å². The van der Waals surface area contributed by atoms with E-state index in [4.69, 9.17) is 18.9 Å². The van der Waals surface area contributed by atoms with Gasteiger partial charge in [-0.1, -0.05) is 50.5 Å². The van der Waals surface area contributed by atoms with Gasteiger partial charge in [0.05, 0.1) is 25.4 Å². The molecule has 1 atom stereocenters. The fourth-order valence-electron chi connectivity index (χ4n) is 3.50. The number of unbranched alkanes of at least 4 members (excludes halogenated alkanes) is 3. The van der Waals surface area contributed by atoms with Crippen LogP contribution in [0.2, 0.25) is 0 Å². The van der Waals surface area contributed by atoms with Crippen molar-refractivity contribution in [1.29, 1.82) is 0 Å². The molecule has 36 heavy (non-hydrogen) atoms. The predicted octanol–water partition coefficient (Wildman–Crippen LogP) is 6.91. The Kier molecular flexibility index (Phi) is 13.2. The summed E-state index contributed by atoms with van der Waals surface area (Å²) < 4.78 is 21.7. The molecule has 2 rings (SSSR count). The molecule has 0 aliphatic rings. The monoisotopic (exact) mass is 496 g/mol. The smallest absolute Gasteiger partial charge is 0.331 e. The van der Waals surface area contributed by atoms with Gasteiger partial charge in [0, 0.05) is 18.6 Å². The summed E-state index contributed by atoms with van der Waals surface area (Å²) in [6.07, 6.45) is 8.76. The quantitative estimate of drug-likeness (QED) is 0.143. The average molecular weight is 497 g/mol. The van der Waals surface area contributed by atoms with Gasteiger partial charge in [-0.15, -0.1) is 0 Å². The molecule has 0 saturated heterocycles. The first-order valence-corrected chi connectivity index (χ1v) is 12.9. The first kappa shape index (κ1) is 29.0. The number of esters is 2. The number of ether oxygens (including phenoxy) is 4. The van der Waals surface area contributed by atoms with Crippen molar-refractivity contribution in [3.63, 3.8) is 0 Å². The summed E-state index contributed by atoms with van der Waals surface area (Å²) >= 11 is 0. The van der Waals surface area contributed by atoms with Crippen LogP contribution in [0.15, 0.2) is 60.7 Å². The van der Waals surface area contributed by atoms with E-state index in [-0.39, 0.29) is 18.8 Å². The highest BCUT2D eigenvalue weighted by Gasteiger charge is 2.06. The minimum atomic E-state index is -0.585. The van der Waals surface area contributed by atoms with Crippen LogP contribution in [0.3, 0.4) is 0 Å². The van der Waals surface area contributed by atoms with E-state index in [1.165, 1.54) is 25.7 Å². The molecule has 2 aromatic carbocycles. The third-order valence-corrected chi connectivity index (χ3v) is 5.35. The van der Waals surface area contributed by atoms with Crippen molar-refractivity contribution in [3.05, 3.63) is 60.7 Å². The SMILES string of the molecule is CCCCCC[C@H](C)Oc1ccc(-c2ccc(OCCCOC(=O)/C=C/C(=O)OC(C)C)cc2)cc1. The average Bonchev–Trinajstić information content (AvgIpc) is 2.86. The highest BCUT2D eigenvalue weighted by atomic mass is 16.5. The number of hydrogen-bond acceptors (Lipinski definition) is 6. The number of hydrogen-bond donors (Lipinski definition) is 0. The van der Waals surface area contributed by atoms with Crippen LogP contribution in [0.5, 0.6) is 11.5 Å². The Hall–Kier alpha value is -3.28. The van der Waals surface area contributed by atoms with Crippen molar-refractivity contribution in [2.24, 2.45) is 0 Å². The van der Waals surface area contributed by atoms with Crippen LogP contribution in [0.1, 0.15) is 66.2 Å². The van der Waals surface area contributed by atoms with E-state index in [0.29, 0.717) is 13.0 Å². The second-order valence-electron chi connectivity index (χ2n) is 9.02. The van der Waals surface area contributed by atoms with Gasteiger partial charge < -0.3 is 18.9 Å². The molecule has 6 heteroatoms. The van der Waals surface area contributed by atoms with E-state index >= 15 is 0 Å². The standard InChI is InChI=1S/C30H40O6/c1-5-6-7-8-10-24(4)36-28-17-13-26(14-18-28)25-11-15-27(16-12-25)33-21-9-22-34-29(31)19-20-30(32)35-23(2)3/h11-20,23-24H,5-10,21-22H2,1-4H3/b20-19+/t24-/m0/s1. The summed E-state index contributed by atoms with van der Waals surface area (Å²) in [6, 6.07) is 16.1. The van der Waals surface area contributed by atoms with E-state index in [0.717, 1.165) is 41.2 Å². The second-order valence-corrected chi connectivity index (χ2v) is 9.02. The third-order valence-electron chi connectivity index (χ3n) is 5.35. The van der Waals surface area contributed by atoms with Gasteiger partial charge in [-0.25, -0.2) is 9.59 Å². The third kappa shape index (κ3) is 11.9. The van der Waals surface area contributed by atoms with Crippen LogP contribution in [-0.2, 0) is 19.1 Å². The van der Waals surface area contributed by atoms with E-state index in [9.17, 15) is 9.59 Å². The van der Waals surface area contributed by atoms with Gasteiger partial charge in [-0.3, -0.25) is 0 Å². The van der Waals surface area contributed by atoms with Crippen molar-refractivity contribution >= 4 is 11.9 Å². The van der Waals surface area contributed by atoms with Crippen LogP contribution < -0.4 is 9.47 Å².